The maximum absolute atomic E-state index is 13.0. The third kappa shape index (κ3) is 1.38. The van der Waals surface area contributed by atoms with Crippen molar-refractivity contribution in [3.63, 3.8) is 0 Å². The Morgan fingerprint density at radius 3 is 2.33 bits per heavy atom. The normalized spacial score (nSPS) is 13.0. The molecule has 0 aromatic heterocycles. The molecule has 1 rings (SSSR count). The predicted octanol–water partition coefficient (Wildman–Crippen LogP) is 1.57. The second kappa shape index (κ2) is 3.06. The molecule has 0 saturated carbocycles. The number of benzene rings is 1. The van der Waals surface area contributed by atoms with E-state index in [-0.39, 0.29) is 11.3 Å². The van der Waals surface area contributed by atoms with E-state index in [9.17, 15) is 8.78 Å². The maximum atomic E-state index is 13.0. The summed E-state index contributed by atoms with van der Waals surface area (Å²) in [7, 11) is 0. The highest BCUT2D eigenvalue weighted by molar-refractivity contribution is 5.49. The van der Waals surface area contributed by atoms with Crippen LogP contribution in [-0.4, -0.2) is 0 Å². The van der Waals surface area contributed by atoms with E-state index < -0.39 is 17.7 Å². The van der Waals surface area contributed by atoms with Crippen LogP contribution >= 0.6 is 0 Å². The van der Waals surface area contributed by atoms with Crippen molar-refractivity contribution in [3.8, 4) is 0 Å². The summed E-state index contributed by atoms with van der Waals surface area (Å²) >= 11 is 0. The molecule has 66 valence electrons. The second-order valence-electron chi connectivity index (χ2n) is 2.65. The summed E-state index contributed by atoms with van der Waals surface area (Å²) in [5.41, 5.74) is 11.0. The molecule has 0 amide bonds. The van der Waals surface area contributed by atoms with Gasteiger partial charge in [-0.1, -0.05) is 0 Å². The van der Waals surface area contributed by atoms with Gasteiger partial charge in [-0.2, -0.15) is 0 Å². The molecule has 0 bridgehead atoms. The monoisotopic (exact) mass is 172 g/mol. The smallest absolute Gasteiger partial charge is 0.165 e. The van der Waals surface area contributed by atoms with E-state index >= 15 is 0 Å². The largest absolute Gasteiger partial charge is 0.398 e. The van der Waals surface area contributed by atoms with Gasteiger partial charge in [0.25, 0.3) is 0 Å². The topological polar surface area (TPSA) is 52.0 Å². The summed E-state index contributed by atoms with van der Waals surface area (Å²) < 4.78 is 25.6. The highest BCUT2D eigenvalue weighted by Crippen LogP contribution is 2.23. The van der Waals surface area contributed by atoms with Gasteiger partial charge in [0.2, 0.25) is 0 Å². The fraction of sp³-hybridized carbons (Fsp3) is 0.250. The highest BCUT2D eigenvalue weighted by Gasteiger charge is 2.14. The van der Waals surface area contributed by atoms with Crippen molar-refractivity contribution in [3.05, 3.63) is 29.3 Å². The van der Waals surface area contributed by atoms with E-state index in [1.807, 2.05) is 0 Å². The predicted molar refractivity (Wildman–Crippen MR) is 43.4 cm³/mol. The fourth-order valence-corrected chi connectivity index (χ4v) is 1.04. The molecule has 0 aliphatic heterocycles. The van der Waals surface area contributed by atoms with Crippen LogP contribution in [0.15, 0.2) is 12.1 Å². The number of hydrogen-bond donors (Lipinski definition) is 2. The van der Waals surface area contributed by atoms with Gasteiger partial charge in [-0.3, -0.25) is 0 Å². The van der Waals surface area contributed by atoms with E-state index in [2.05, 4.69) is 0 Å². The highest BCUT2D eigenvalue weighted by atomic mass is 19.2. The van der Waals surface area contributed by atoms with Gasteiger partial charge in [-0.25, -0.2) is 8.78 Å². The van der Waals surface area contributed by atoms with E-state index in [1.165, 1.54) is 6.07 Å². The number of anilines is 1. The molecule has 4 heteroatoms. The maximum Gasteiger partial charge on any atom is 0.165 e. The van der Waals surface area contributed by atoms with Crippen molar-refractivity contribution >= 4 is 5.69 Å². The van der Waals surface area contributed by atoms with Crippen molar-refractivity contribution in [1.29, 1.82) is 0 Å². The van der Waals surface area contributed by atoms with Gasteiger partial charge >= 0.3 is 0 Å². The molecule has 4 N–H and O–H groups in total. The minimum absolute atomic E-state index is 0.0370. The first kappa shape index (κ1) is 8.93. The van der Waals surface area contributed by atoms with Crippen LogP contribution in [-0.2, 0) is 0 Å². The van der Waals surface area contributed by atoms with Gasteiger partial charge in [-0.15, -0.1) is 0 Å². The summed E-state index contributed by atoms with van der Waals surface area (Å²) in [5.74, 6) is -1.87. The average molecular weight is 172 g/mol. The molecule has 0 aliphatic carbocycles. The Labute approximate surface area is 69.2 Å². The lowest BCUT2D eigenvalue weighted by Gasteiger charge is -2.10. The standard InChI is InChI=1S/C8H10F2N2/c1-4(11)7-6(12)3-2-5(9)8(7)10/h2-4H,11-12H2,1H3. The summed E-state index contributed by atoms with van der Waals surface area (Å²) in [4.78, 5) is 0. The number of halogens is 2. The first-order valence-corrected chi connectivity index (χ1v) is 3.53. The minimum Gasteiger partial charge on any atom is -0.398 e. The molecule has 0 aliphatic rings. The molecule has 2 nitrogen and oxygen atoms in total. The number of hydrogen-bond acceptors (Lipinski definition) is 2. The van der Waals surface area contributed by atoms with E-state index in [4.69, 9.17) is 11.5 Å². The van der Waals surface area contributed by atoms with Gasteiger partial charge in [0.05, 0.1) is 0 Å². The summed E-state index contributed by atoms with van der Waals surface area (Å²) in [6.07, 6.45) is 0. The summed E-state index contributed by atoms with van der Waals surface area (Å²) in [5, 5.41) is 0. The van der Waals surface area contributed by atoms with Crippen LogP contribution in [0, 0.1) is 11.6 Å². The first-order chi connectivity index (χ1) is 5.54. The molecule has 12 heavy (non-hydrogen) atoms. The molecule has 0 heterocycles. The van der Waals surface area contributed by atoms with Crippen molar-refractivity contribution in [2.75, 3.05) is 5.73 Å². The minimum atomic E-state index is -0.954. The Balaban J connectivity index is 3.33. The van der Waals surface area contributed by atoms with Gasteiger partial charge < -0.3 is 11.5 Å². The molecule has 0 saturated heterocycles. The molecule has 0 spiro atoms. The number of nitrogen functional groups attached to an aromatic ring is 1. The molecular weight excluding hydrogens is 162 g/mol. The van der Waals surface area contributed by atoms with Crippen molar-refractivity contribution in [1.82, 2.24) is 0 Å². The SMILES string of the molecule is CC(N)c1c(N)ccc(F)c1F. The van der Waals surface area contributed by atoms with Crippen molar-refractivity contribution in [2.45, 2.75) is 13.0 Å². The van der Waals surface area contributed by atoms with Crippen molar-refractivity contribution < 1.29 is 8.78 Å². The molecule has 0 fully saturated rings. The molecular formula is C8H10F2N2. The summed E-state index contributed by atoms with van der Waals surface area (Å²) in [6.45, 7) is 1.55. The fourth-order valence-electron chi connectivity index (χ4n) is 1.04. The van der Waals surface area contributed by atoms with Crippen LogP contribution in [0.2, 0.25) is 0 Å². The van der Waals surface area contributed by atoms with Crippen LogP contribution in [0.1, 0.15) is 18.5 Å². The van der Waals surface area contributed by atoms with Gasteiger partial charge in [0, 0.05) is 17.3 Å². The molecule has 1 aromatic rings. The van der Waals surface area contributed by atoms with Crippen LogP contribution in [0.25, 0.3) is 0 Å². The third-order valence-electron chi connectivity index (χ3n) is 1.62. The van der Waals surface area contributed by atoms with Crippen LogP contribution in [0.5, 0.6) is 0 Å². The summed E-state index contributed by atoms with van der Waals surface area (Å²) in [6, 6.07) is 1.69. The second-order valence-corrected chi connectivity index (χ2v) is 2.65. The van der Waals surface area contributed by atoms with Crippen LogP contribution < -0.4 is 11.5 Å². The van der Waals surface area contributed by atoms with Gasteiger partial charge in [0.1, 0.15) is 0 Å². The first-order valence-electron chi connectivity index (χ1n) is 3.53. The van der Waals surface area contributed by atoms with E-state index in [0.717, 1.165) is 6.07 Å². The number of rotatable bonds is 1. The Hall–Kier alpha value is -1.16. The Kier molecular flexibility index (Phi) is 2.28. The lowest BCUT2D eigenvalue weighted by atomic mass is 10.1. The average Bonchev–Trinajstić information content (AvgIpc) is 1.97. The zero-order valence-corrected chi connectivity index (χ0v) is 6.64. The molecule has 1 atom stereocenters. The van der Waals surface area contributed by atoms with E-state index in [0.29, 0.717) is 0 Å². The van der Waals surface area contributed by atoms with Crippen molar-refractivity contribution in [2.24, 2.45) is 5.73 Å². The van der Waals surface area contributed by atoms with E-state index in [1.54, 1.807) is 6.92 Å². The van der Waals surface area contributed by atoms with Gasteiger partial charge in [0.15, 0.2) is 11.6 Å². The van der Waals surface area contributed by atoms with Crippen LogP contribution in [0.4, 0.5) is 14.5 Å². The zero-order chi connectivity index (χ0) is 9.30. The number of nitrogens with two attached hydrogens (primary N) is 2. The molecule has 0 radical (unpaired) electrons. The Morgan fingerprint density at radius 2 is 1.92 bits per heavy atom. The molecule has 1 unspecified atom stereocenters. The third-order valence-corrected chi connectivity index (χ3v) is 1.62. The lowest BCUT2D eigenvalue weighted by Crippen LogP contribution is -2.11. The zero-order valence-electron chi connectivity index (χ0n) is 6.64. The van der Waals surface area contributed by atoms with Gasteiger partial charge in [-0.05, 0) is 19.1 Å². The quantitative estimate of drug-likeness (QED) is 0.631. The lowest BCUT2D eigenvalue weighted by molar-refractivity contribution is 0.493. The Bertz CT molecular complexity index is 297. The molecule has 1 aromatic carbocycles. The van der Waals surface area contributed by atoms with Crippen LogP contribution in [0.3, 0.4) is 0 Å². The Morgan fingerprint density at radius 1 is 1.33 bits per heavy atom.